The Morgan fingerprint density at radius 3 is 2.52 bits per heavy atom. The summed E-state index contributed by atoms with van der Waals surface area (Å²) in [7, 11) is 2.69. The molecule has 0 bridgehead atoms. The maximum Gasteiger partial charge on any atom is 0.333 e. The van der Waals surface area contributed by atoms with Crippen LogP contribution in [0.3, 0.4) is 0 Å². The Balaban J connectivity index is 2.19. The van der Waals surface area contributed by atoms with Gasteiger partial charge in [0, 0.05) is 19.3 Å². The van der Waals surface area contributed by atoms with Crippen molar-refractivity contribution in [3.05, 3.63) is 71.9 Å². The molecule has 0 aliphatic heterocycles. The van der Waals surface area contributed by atoms with Crippen LogP contribution in [0, 0.1) is 6.92 Å². The smallest absolute Gasteiger partial charge is 0.333 e. The van der Waals surface area contributed by atoms with Crippen LogP contribution in [0.2, 0.25) is 0 Å². The van der Waals surface area contributed by atoms with Crippen LogP contribution >= 0.6 is 0 Å². The summed E-state index contributed by atoms with van der Waals surface area (Å²) in [5.41, 5.74) is -0.409. The summed E-state index contributed by atoms with van der Waals surface area (Å²) in [5.74, 6) is -0.468. The van der Waals surface area contributed by atoms with E-state index in [9.17, 15) is 19.5 Å². The Morgan fingerprint density at radius 2 is 1.78 bits per heavy atom. The zero-order valence-electron chi connectivity index (χ0n) is 14.8. The maximum absolute atomic E-state index is 12.5. The van der Waals surface area contributed by atoms with Gasteiger partial charge < -0.3 is 5.11 Å². The predicted molar refractivity (Wildman–Crippen MR) is 98.9 cm³/mol. The molecule has 4 aromatic rings. The van der Waals surface area contributed by atoms with Crippen LogP contribution in [0.5, 0.6) is 5.88 Å². The topological polar surface area (TPSA) is 111 Å². The standard InChI is InChI=1S/C18H15N5O4/c1-9-11(8-12-16(25)21(2)18(27)22(3)17(12)26)14-19-15(24)10-6-4-5-7-13(10)23(14)20-9/h4-8,25H,1-3H3. The van der Waals surface area contributed by atoms with Gasteiger partial charge in [0.15, 0.2) is 5.65 Å². The quantitative estimate of drug-likeness (QED) is 0.473. The Morgan fingerprint density at radius 1 is 1.07 bits per heavy atom. The van der Waals surface area contributed by atoms with Crippen LogP contribution in [0.25, 0.3) is 22.6 Å². The number of hydrogen-bond acceptors (Lipinski definition) is 6. The van der Waals surface area contributed by atoms with Crippen LogP contribution in [0.1, 0.15) is 11.3 Å². The zero-order chi connectivity index (χ0) is 19.5. The van der Waals surface area contributed by atoms with E-state index < -0.39 is 22.7 Å². The number of hydrogen-bond donors (Lipinski definition) is 1. The molecule has 0 radical (unpaired) electrons. The maximum atomic E-state index is 12.5. The molecule has 0 unspecified atom stereocenters. The van der Waals surface area contributed by atoms with Gasteiger partial charge in [-0.1, -0.05) is 12.1 Å². The summed E-state index contributed by atoms with van der Waals surface area (Å²) in [6.07, 6.45) is 1.40. The second-order valence-corrected chi connectivity index (χ2v) is 6.26. The van der Waals surface area contributed by atoms with E-state index >= 15 is 0 Å². The first-order valence-corrected chi connectivity index (χ1v) is 8.10. The Bertz CT molecular complexity index is 1480. The fourth-order valence-electron chi connectivity index (χ4n) is 3.10. The first kappa shape index (κ1) is 16.7. The van der Waals surface area contributed by atoms with Crippen LogP contribution in [-0.4, -0.2) is 28.8 Å². The second-order valence-electron chi connectivity index (χ2n) is 6.26. The summed E-state index contributed by atoms with van der Waals surface area (Å²) < 4.78 is 3.39. The third-order valence-electron chi connectivity index (χ3n) is 4.61. The summed E-state index contributed by atoms with van der Waals surface area (Å²) in [5, 5.41) is 15.6. The molecule has 0 amide bonds. The summed E-state index contributed by atoms with van der Waals surface area (Å²) in [6.45, 7) is 1.71. The molecule has 3 heterocycles. The molecule has 0 saturated heterocycles. The number of para-hydroxylation sites is 1. The molecule has 0 aliphatic rings. The van der Waals surface area contributed by atoms with Crippen molar-refractivity contribution in [3.63, 3.8) is 0 Å². The lowest BCUT2D eigenvalue weighted by atomic mass is 10.2. The van der Waals surface area contributed by atoms with Crippen molar-refractivity contribution in [2.24, 2.45) is 14.1 Å². The number of nitrogens with zero attached hydrogens (tertiary/aromatic N) is 5. The van der Waals surface area contributed by atoms with Gasteiger partial charge in [-0.2, -0.15) is 10.1 Å². The molecule has 0 spiro atoms. The third-order valence-corrected chi connectivity index (χ3v) is 4.61. The minimum Gasteiger partial charge on any atom is -0.494 e. The van der Waals surface area contributed by atoms with E-state index in [0.717, 1.165) is 9.13 Å². The van der Waals surface area contributed by atoms with Crippen molar-refractivity contribution in [1.82, 2.24) is 23.7 Å². The molecule has 3 aromatic heterocycles. The van der Waals surface area contributed by atoms with Crippen molar-refractivity contribution < 1.29 is 5.11 Å². The molecule has 0 fully saturated rings. The van der Waals surface area contributed by atoms with E-state index in [1.54, 1.807) is 31.2 Å². The molecule has 0 saturated carbocycles. The van der Waals surface area contributed by atoms with Gasteiger partial charge in [0.2, 0.25) is 5.88 Å². The van der Waals surface area contributed by atoms with Crippen molar-refractivity contribution in [1.29, 1.82) is 0 Å². The second kappa shape index (κ2) is 5.63. The summed E-state index contributed by atoms with van der Waals surface area (Å²) in [6, 6.07) is 6.95. The van der Waals surface area contributed by atoms with Gasteiger partial charge in [-0.15, -0.1) is 0 Å². The number of aryl methyl sites for hydroxylation is 1. The minimum atomic E-state index is -0.655. The molecule has 1 N–H and O–H groups in total. The van der Waals surface area contributed by atoms with Crippen LogP contribution in [0.15, 0.2) is 38.6 Å². The monoisotopic (exact) mass is 365 g/mol. The van der Waals surface area contributed by atoms with Crippen molar-refractivity contribution >= 4 is 22.6 Å². The Hall–Kier alpha value is -3.75. The lowest BCUT2D eigenvalue weighted by molar-refractivity contribution is 0.410. The minimum absolute atomic E-state index is 0.0833. The molecule has 1 aromatic carbocycles. The number of fused-ring (bicyclic) bond motifs is 3. The average molecular weight is 365 g/mol. The van der Waals surface area contributed by atoms with Gasteiger partial charge in [-0.3, -0.25) is 18.7 Å². The zero-order valence-corrected chi connectivity index (χ0v) is 14.8. The predicted octanol–water partition coefficient (Wildman–Crippen LogP) is -0.798. The van der Waals surface area contributed by atoms with Gasteiger partial charge in [-0.05, 0) is 25.1 Å². The van der Waals surface area contributed by atoms with Gasteiger partial charge in [0.1, 0.15) is 5.56 Å². The summed E-state index contributed by atoms with van der Waals surface area (Å²) in [4.78, 5) is 40.8. The van der Waals surface area contributed by atoms with Crippen LogP contribution in [-0.2, 0) is 14.1 Å². The van der Waals surface area contributed by atoms with E-state index in [1.165, 1.54) is 24.7 Å². The molecule has 0 aliphatic carbocycles. The highest BCUT2D eigenvalue weighted by Gasteiger charge is 2.15. The third kappa shape index (κ3) is 2.28. The number of aromatic hydroxyl groups is 1. The molecule has 9 nitrogen and oxygen atoms in total. The van der Waals surface area contributed by atoms with E-state index in [0.29, 0.717) is 21.8 Å². The highest BCUT2D eigenvalue weighted by molar-refractivity contribution is 5.80. The van der Waals surface area contributed by atoms with E-state index in [1.807, 2.05) is 0 Å². The van der Waals surface area contributed by atoms with E-state index in [4.69, 9.17) is 0 Å². The molecular weight excluding hydrogens is 350 g/mol. The Labute approximate surface area is 151 Å². The highest BCUT2D eigenvalue weighted by Crippen LogP contribution is 2.12. The van der Waals surface area contributed by atoms with Crippen LogP contribution < -0.4 is 22.0 Å². The van der Waals surface area contributed by atoms with Crippen molar-refractivity contribution in [3.8, 4) is 5.88 Å². The van der Waals surface area contributed by atoms with Crippen molar-refractivity contribution in [2.45, 2.75) is 6.92 Å². The largest absolute Gasteiger partial charge is 0.494 e. The van der Waals surface area contributed by atoms with E-state index in [-0.39, 0.29) is 11.2 Å². The number of aromatic nitrogens is 5. The lowest BCUT2D eigenvalue weighted by Gasteiger charge is -2.07. The molecule has 0 atom stereocenters. The molecule has 4 rings (SSSR count). The average Bonchev–Trinajstić information content (AvgIpc) is 2.98. The lowest BCUT2D eigenvalue weighted by Crippen LogP contribution is -2.38. The number of benzene rings is 1. The van der Waals surface area contributed by atoms with Crippen LogP contribution in [0.4, 0.5) is 0 Å². The van der Waals surface area contributed by atoms with E-state index in [2.05, 4.69) is 10.1 Å². The molecular formula is C18H15N5O4. The highest BCUT2D eigenvalue weighted by atomic mass is 16.3. The SMILES string of the molecule is Cc1nn2c(nc(=O)c3ccccc32)c1=Cc1c(O)n(C)c(=O)n(C)c1=O. The van der Waals surface area contributed by atoms with Gasteiger partial charge >= 0.3 is 5.69 Å². The van der Waals surface area contributed by atoms with Gasteiger partial charge in [0.25, 0.3) is 11.1 Å². The van der Waals surface area contributed by atoms with Crippen molar-refractivity contribution in [2.75, 3.05) is 0 Å². The fourth-order valence-corrected chi connectivity index (χ4v) is 3.10. The Kier molecular flexibility index (Phi) is 3.48. The molecule has 9 heteroatoms. The fraction of sp³-hybridized carbons (Fsp3) is 0.167. The molecule has 27 heavy (non-hydrogen) atoms. The van der Waals surface area contributed by atoms with Gasteiger partial charge in [0.05, 0.1) is 16.6 Å². The first-order chi connectivity index (χ1) is 12.8. The first-order valence-electron chi connectivity index (χ1n) is 8.10. The number of rotatable bonds is 1. The molecule has 136 valence electrons. The normalized spacial score (nSPS) is 12.3. The van der Waals surface area contributed by atoms with Gasteiger partial charge in [-0.25, -0.2) is 9.31 Å². The summed E-state index contributed by atoms with van der Waals surface area (Å²) >= 11 is 0.